The van der Waals surface area contributed by atoms with E-state index >= 15 is 0 Å². The maximum absolute atomic E-state index is 10.9. The van der Waals surface area contributed by atoms with Crippen LogP contribution in [0.25, 0.3) is 15.8 Å². The number of hydrogen-bond acceptors (Lipinski definition) is 4. The van der Waals surface area contributed by atoms with Crippen LogP contribution in [0.3, 0.4) is 0 Å². The summed E-state index contributed by atoms with van der Waals surface area (Å²) in [6.45, 7) is 0. The van der Waals surface area contributed by atoms with Gasteiger partial charge in [-0.05, 0) is 17.5 Å². The van der Waals surface area contributed by atoms with Crippen molar-refractivity contribution in [3.63, 3.8) is 0 Å². The molecule has 1 aromatic carbocycles. The third kappa shape index (κ3) is 1.88. The Morgan fingerprint density at radius 3 is 2.80 bits per heavy atom. The SMILES string of the molecule is O=C(O)C(=CS)c1nc2ccccc2s1. The molecule has 15 heavy (non-hydrogen) atoms. The first-order valence-electron chi connectivity index (χ1n) is 4.16. The van der Waals surface area contributed by atoms with E-state index in [0.717, 1.165) is 10.2 Å². The predicted octanol–water partition coefficient (Wildman–Crippen LogP) is 2.65. The van der Waals surface area contributed by atoms with Crippen molar-refractivity contribution in [2.45, 2.75) is 0 Å². The van der Waals surface area contributed by atoms with E-state index in [-0.39, 0.29) is 5.57 Å². The van der Waals surface area contributed by atoms with Gasteiger partial charge in [-0.15, -0.1) is 11.3 Å². The number of carboxylic acid groups (broad SMARTS) is 1. The van der Waals surface area contributed by atoms with Crippen molar-refractivity contribution < 1.29 is 9.90 Å². The van der Waals surface area contributed by atoms with Gasteiger partial charge in [0.1, 0.15) is 10.6 Å². The van der Waals surface area contributed by atoms with E-state index in [1.54, 1.807) is 0 Å². The number of para-hydroxylation sites is 1. The summed E-state index contributed by atoms with van der Waals surface area (Å²) in [6.07, 6.45) is 0. The average molecular weight is 237 g/mol. The summed E-state index contributed by atoms with van der Waals surface area (Å²) in [6, 6.07) is 7.54. The van der Waals surface area contributed by atoms with Crippen LogP contribution in [-0.2, 0) is 4.79 Å². The molecule has 1 N–H and O–H groups in total. The minimum atomic E-state index is -1.01. The van der Waals surface area contributed by atoms with Crippen molar-refractivity contribution in [1.82, 2.24) is 4.98 Å². The number of rotatable bonds is 2. The lowest BCUT2D eigenvalue weighted by molar-refractivity contribution is -0.130. The minimum absolute atomic E-state index is 0.125. The smallest absolute Gasteiger partial charge is 0.339 e. The van der Waals surface area contributed by atoms with Gasteiger partial charge < -0.3 is 5.11 Å². The molecule has 0 aliphatic heterocycles. The van der Waals surface area contributed by atoms with Crippen molar-refractivity contribution in [1.29, 1.82) is 0 Å². The molecule has 0 saturated heterocycles. The highest BCUT2D eigenvalue weighted by Crippen LogP contribution is 2.27. The van der Waals surface area contributed by atoms with Gasteiger partial charge in [0, 0.05) is 0 Å². The molecule has 3 nitrogen and oxygen atoms in total. The number of hydrogen-bond donors (Lipinski definition) is 2. The lowest BCUT2D eigenvalue weighted by Gasteiger charge is -1.92. The highest BCUT2D eigenvalue weighted by Gasteiger charge is 2.14. The van der Waals surface area contributed by atoms with Crippen molar-refractivity contribution in [3.8, 4) is 0 Å². The molecule has 5 heteroatoms. The number of aromatic nitrogens is 1. The Morgan fingerprint density at radius 2 is 2.20 bits per heavy atom. The van der Waals surface area contributed by atoms with E-state index in [9.17, 15) is 4.79 Å². The lowest BCUT2D eigenvalue weighted by atomic mass is 10.3. The minimum Gasteiger partial charge on any atom is -0.478 e. The number of thiol groups is 1. The molecule has 0 atom stereocenters. The number of carbonyl (C=O) groups is 1. The summed E-state index contributed by atoms with van der Waals surface area (Å²) in [5, 5.41) is 10.7. The molecule has 2 rings (SSSR count). The fourth-order valence-electron chi connectivity index (χ4n) is 1.19. The van der Waals surface area contributed by atoms with Crippen LogP contribution in [0, 0.1) is 0 Å². The number of fused-ring (bicyclic) bond motifs is 1. The van der Waals surface area contributed by atoms with Crippen LogP contribution in [0.1, 0.15) is 5.01 Å². The zero-order valence-electron chi connectivity index (χ0n) is 7.54. The molecule has 0 fully saturated rings. The van der Waals surface area contributed by atoms with Gasteiger partial charge in [-0.3, -0.25) is 0 Å². The Hall–Kier alpha value is -1.33. The Kier molecular flexibility index (Phi) is 2.75. The van der Waals surface area contributed by atoms with E-state index in [1.165, 1.54) is 16.7 Å². The van der Waals surface area contributed by atoms with Crippen LogP contribution in [0.5, 0.6) is 0 Å². The number of nitrogens with zero attached hydrogens (tertiary/aromatic N) is 1. The third-order valence-electron chi connectivity index (χ3n) is 1.88. The maximum atomic E-state index is 10.9. The Bertz CT molecular complexity index is 512. The van der Waals surface area contributed by atoms with Gasteiger partial charge in [-0.2, -0.15) is 12.6 Å². The molecule has 0 unspecified atom stereocenters. The van der Waals surface area contributed by atoms with Crippen molar-refractivity contribution in [2.24, 2.45) is 0 Å². The van der Waals surface area contributed by atoms with Crippen LogP contribution >= 0.6 is 24.0 Å². The second-order valence-corrected chi connectivity index (χ2v) is 4.12. The third-order valence-corrected chi connectivity index (χ3v) is 3.21. The summed E-state index contributed by atoms with van der Waals surface area (Å²) in [5.41, 5.74) is 0.936. The zero-order chi connectivity index (χ0) is 10.8. The monoisotopic (exact) mass is 237 g/mol. The van der Waals surface area contributed by atoms with Crippen molar-refractivity contribution in [2.75, 3.05) is 0 Å². The first-order valence-corrected chi connectivity index (χ1v) is 5.49. The van der Waals surface area contributed by atoms with E-state index in [1.807, 2.05) is 24.3 Å². The first kappa shape index (κ1) is 10.2. The number of aliphatic carboxylic acids is 1. The van der Waals surface area contributed by atoms with Gasteiger partial charge in [0.15, 0.2) is 0 Å². The van der Waals surface area contributed by atoms with Crippen molar-refractivity contribution in [3.05, 3.63) is 34.7 Å². The van der Waals surface area contributed by atoms with Gasteiger partial charge >= 0.3 is 5.97 Å². The molecule has 1 aromatic heterocycles. The summed E-state index contributed by atoms with van der Waals surface area (Å²) in [4.78, 5) is 15.1. The normalized spacial score (nSPS) is 11.9. The maximum Gasteiger partial charge on any atom is 0.339 e. The molecule has 0 aliphatic carbocycles. The second kappa shape index (κ2) is 4.04. The molecular formula is C10H7NO2S2. The van der Waals surface area contributed by atoms with Crippen LogP contribution in [-0.4, -0.2) is 16.1 Å². The Labute approximate surface area is 95.5 Å². The Balaban J connectivity index is 2.58. The van der Waals surface area contributed by atoms with Crippen molar-refractivity contribution >= 4 is 45.7 Å². The topological polar surface area (TPSA) is 50.2 Å². The highest BCUT2D eigenvalue weighted by molar-refractivity contribution is 7.83. The lowest BCUT2D eigenvalue weighted by Crippen LogP contribution is -1.97. The second-order valence-electron chi connectivity index (χ2n) is 2.83. The van der Waals surface area contributed by atoms with E-state index in [4.69, 9.17) is 5.11 Å². The number of benzene rings is 1. The van der Waals surface area contributed by atoms with Gasteiger partial charge in [0.2, 0.25) is 0 Å². The molecule has 0 radical (unpaired) electrons. The molecule has 0 aliphatic rings. The van der Waals surface area contributed by atoms with Crippen LogP contribution in [0.15, 0.2) is 29.7 Å². The van der Waals surface area contributed by atoms with E-state index in [0.29, 0.717) is 5.01 Å². The molecule has 2 aromatic rings. The van der Waals surface area contributed by atoms with Gasteiger partial charge in [-0.25, -0.2) is 9.78 Å². The van der Waals surface area contributed by atoms with Gasteiger partial charge in [0.25, 0.3) is 0 Å². The summed E-state index contributed by atoms with van der Waals surface area (Å²) >= 11 is 5.22. The summed E-state index contributed by atoms with van der Waals surface area (Å²) < 4.78 is 0.974. The standard InChI is InChI=1S/C10H7NO2S2/c12-10(13)6(5-14)9-11-7-3-1-2-4-8(7)15-9/h1-5,14H,(H,12,13). The molecule has 0 amide bonds. The number of carboxylic acids is 1. The molecule has 0 bridgehead atoms. The fourth-order valence-corrected chi connectivity index (χ4v) is 2.48. The average Bonchev–Trinajstić information content (AvgIpc) is 2.61. The summed E-state index contributed by atoms with van der Waals surface area (Å²) in [7, 11) is 0. The molecule has 76 valence electrons. The first-order chi connectivity index (χ1) is 7.22. The molecule has 0 spiro atoms. The zero-order valence-corrected chi connectivity index (χ0v) is 9.26. The fraction of sp³-hybridized carbons (Fsp3) is 0. The predicted molar refractivity (Wildman–Crippen MR) is 64.2 cm³/mol. The summed E-state index contributed by atoms with van der Waals surface area (Å²) in [5.74, 6) is -1.01. The van der Waals surface area contributed by atoms with Crippen LogP contribution in [0.2, 0.25) is 0 Å². The quantitative estimate of drug-likeness (QED) is 0.623. The van der Waals surface area contributed by atoms with Gasteiger partial charge in [0.05, 0.1) is 10.2 Å². The molecular weight excluding hydrogens is 230 g/mol. The molecule has 0 saturated carbocycles. The Morgan fingerprint density at radius 1 is 1.47 bits per heavy atom. The largest absolute Gasteiger partial charge is 0.478 e. The van der Waals surface area contributed by atoms with E-state index < -0.39 is 5.97 Å². The molecule has 1 heterocycles. The van der Waals surface area contributed by atoms with E-state index in [2.05, 4.69) is 17.6 Å². The van der Waals surface area contributed by atoms with Gasteiger partial charge in [-0.1, -0.05) is 12.1 Å². The van der Waals surface area contributed by atoms with Crippen LogP contribution in [0.4, 0.5) is 0 Å². The number of thiazole rings is 1. The highest BCUT2D eigenvalue weighted by atomic mass is 32.1. The van der Waals surface area contributed by atoms with Crippen LogP contribution < -0.4 is 0 Å².